The molecule has 2 heteroatoms. The lowest BCUT2D eigenvalue weighted by atomic mass is 9.41. The number of hydrogen-bond donors (Lipinski definition) is 1. The Morgan fingerprint density at radius 2 is 0.909 bits per heavy atom. The first kappa shape index (κ1) is 27.4. The van der Waals surface area contributed by atoms with Crippen LogP contribution in [0.25, 0.3) is 0 Å². The van der Waals surface area contributed by atoms with Crippen molar-refractivity contribution in [2.24, 2.45) is 16.2 Å². The van der Waals surface area contributed by atoms with Gasteiger partial charge in [-0.3, -0.25) is 0 Å². The molecule has 0 saturated carbocycles. The maximum atomic E-state index is 9.83. The molecule has 0 amide bonds. The van der Waals surface area contributed by atoms with Gasteiger partial charge >= 0.3 is 0 Å². The van der Waals surface area contributed by atoms with Gasteiger partial charge in [0.05, 0.1) is 0 Å². The summed E-state index contributed by atoms with van der Waals surface area (Å²) in [5.74, 6) is 0.320. The maximum Gasteiger partial charge on any atom is 0.115 e. The Kier molecular flexibility index (Phi) is 7.29. The van der Waals surface area contributed by atoms with Crippen LogP contribution >= 0.6 is 0 Å². The Hall–Kier alpha value is -1.80. The molecule has 0 spiro atoms. The zero-order valence-corrected chi connectivity index (χ0v) is 23.6. The van der Waals surface area contributed by atoms with Gasteiger partial charge in [-0.1, -0.05) is 106 Å². The van der Waals surface area contributed by atoms with E-state index in [1.165, 1.54) is 16.7 Å². The summed E-state index contributed by atoms with van der Waals surface area (Å²) in [6.07, 6.45) is 0. The van der Waals surface area contributed by atoms with Gasteiger partial charge in [0, 0.05) is 6.04 Å². The summed E-state index contributed by atoms with van der Waals surface area (Å²) in [5, 5.41) is 9.83. The van der Waals surface area contributed by atoms with Crippen LogP contribution in [0.3, 0.4) is 0 Å². The molecule has 0 aromatic heterocycles. The number of rotatable bonds is 8. The van der Waals surface area contributed by atoms with E-state index in [1.807, 2.05) is 12.1 Å². The molecule has 0 aliphatic carbocycles. The van der Waals surface area contributed by atoms with Gasteiger partial charge in [-0.25, -0.2) is 0 Å². The Labute approximate surface area is 204 Å². The first-order valence-electron chi connectivity index (χ1n) is 12.4. The number of hydrogen-bond acceptors (Lipinski definition) is 2. The van der Waals surface area contributed by atoms with Crippen molar-refractivity contribution in [2.45, 2.75) is 93.0 Å². The van der Waals surface area contributed by atoms with Gasteiger partial charge in [0.25, 0.3) is 0 Å². The van der Waals surface area contributed by atoms with E-state index in [1.54, 1.807) is 0 Å². The Morgan fingerprint density at radius 1 is 0.576 bits per heavy atom. The predicted octanol–water partition coefficient (Wildman–Crippen LogP) is 8.35. The molecule has 2 nitrogen and oxygen atoms in total. The fraction of sp³-hybridized carbons (Fsp3) is 0.613. The Morgan fingerprint density at radius 3 is 1.24 bits per heavy atom. The van der Waals surface area contributed by atoms with Crippen LogP contribution in [-0.4, -0.2) is 24.1 Å². The van der Waals surface area contributed by atoms with E-state index in [0.29, 0.717) is 11.8 Å². The van der Waals surface area contributed by atoms with Crippen LogP contribution in [0, 0.1) is 16.2 Å². The van der Waals surface area contributed by atoms with Crippen LogP contribution in [0.1, 0.15) is 98.9 Å². The van der Waals surface area contributed by atoms with E-state index in [4.69, 9.17) is 0 Å². The third-order valence-corrected chi connectivity index (χ3v) is 10.7. The molecule has 2 rings (SSSR count). The van der Waals surface area contributed by atoms with Crippen LogP contribution < -0.4 is 0 Å². The van der Waals surface area contributed by atoms with Gasteiger partial charge in [-0.15, -0.1) is 0 Å². The summed E-state index contributed by atoms with van der Waals surface area (Å²) in [7, 11) is 4.26. The lowest BCUT2D eigenvalue weighted by Gasteiger charge is -2.63. The molecule has 0 aliphatic rings. The van der Waals surface area contributed by atoms with Gasteiger partial charge in [-0.2, -0.15) is 0 Å². The molecule has 1 unspecified atom stereocenters. The number of nitrogens with zero attached hydrogens (tertiary/aromatic N) is 1. The molecule has 33 heavy (non-hydrogen) atoms. The zero-order valence-electron chi connectivity index (χ0n) is 23.6. The summed E-state index contributed by atoms with van der Waals surface area (Å²) >= 11 is 0. The van der Waals surface area contributed by atoms with Crippen molar-refractivity contribution >= 4 is 0 Å². The molecule has 0 fully saturated rings. The lowest BCUT2D eigenvalue weighted by molar-refractivity contribution is -0.0968. The van der Waals surface area contributed by atoms with Crippen LogP contribution in [0.5, 0.6) is 5.75 Å². The average molecular weight is 452 g/mol. The monoisotopic (exact) mass is 451 g/mol. The van der Waals surface area contributed by atoms with Crippen LogP contribution in [0.2, 0.25) is 0 Å². The quantitative estimate of drug-likeness (QED) is 0.436. The number of phenolic OH excluding ortho intramolecular Hbond substituents is 1. The number of aromatic hydroxyl groups is 1. The molecule has 1 atom stereocenters. The molecule has 184 valence electrons. The van der Waals surface area contributed by atoms with Crippen molar-refractivity contribution in [1.29, 1.82) is 0 Å². The average Bonchev–Trinajstić information content (AvgIpc) is 2.72. The fourth-order valence-electron chi connectivity index (χ4n) is 5.42. The van der Waals surface area contributed by atoms with E-state index < -0.39 is 0 Å². The van der Waals surface area contributed by atoms with E-state index in [0.717, 1.165) is 0 Å². The summed E-state index contributed by atoms with van der Waals surface area (Å²) < 4.78 is 0. The van der Waals surface area contributed by atoms with Crippen LogP contribution in [0.4, 0.5) is 0 Å². The van der Waals surface area contributed by atoms with E-state index in [9.17, 15) is 5.11 Å². The smallest absolute Gasteiger partial charge is 0.115 e. The molecule has 2 aromatic carbocycles. The summed E-state index contributed by atoms with van der Waals surface area (Å²) in [6, 6.07) is 17.5. The third kappa shape index (κ3) is 4.36. The van der Waals surface area contributed by atoms with Gasteiger partial charge in [0.2, 0.25) is 0 Å². The highest BCUT2D eigenvalue weighted by atomic mass is 16.3. The first-order chi connectivity index (χ1) is 14.8. The topological polar surface area (TPSA) is 23.5 Å². The predicted molar refractivity (Wildman–Crippen MR) is 144 cm³/mol. The van der Waals surface area contributed by atoms with Gasteiger partial charge in [0.15, 0.2) is 0 Å². The fourth-order valence-corrected chi connectivity index (χ4v) is 5.42. The highest BCUT2D eigenvalue weighted by molar-refractivity contribution is 5.36. The highest BCUT2D eigenvalue weighted by Crippen LogP contribution is 2.64. The zero-order chi connectivity index (χ0) is 25.6. The molecule has 1 N–H and O–H groups in total. The second-order valence-corrected chi connectivity index (χ2v) is 12.9. The molecule has 0 saturated heterocycles. The number of phenols is 1. The largest absolute Gasteiger partial charge is 0.508 e. The van der Waals surface area contributed by atoms with Crippen molar-refractivity contribution in [2.75, 3.05) is 14.1 Å². The molecule has 0 aliphatic heterocycles. The minimum absolute atomic E-state index is 0.0215. The van der Waals surface area contributed by atoms with Crippen molar-refractivity contribution in [1.82, 2.24) is 4.90 Å². The Bertz CT molecular complexity index is 928. The van der Waals surface area contributed by atoms with Gasteiger partial charge in [-0.05, 0) is 76.9 Å². The van der Waals surface area contributed by atoms with Crippen LogP contribution in [-0.2, 0) is 10.8 Å². The molecule has 0 bridgehead atoms. The second-order valence-electron chi connectivity index (χ2n) is 12.9. The Balaban J connectivity index is 2.51. The van der Waals surface area contributed by atoms with Crippen molar-refractivity contribution in [3.63, 3.8) is 0 Å². The summed E-state index contributed by atoms with van der Waals surface area (Å²) in [6.45, 7) is 26.4. The van der Waals surface area contributed by atoms with Gasteiger partial charge < -0.3 is 10.0 Å². The highest BCUT2D eigenvalue weighted by Gasteiger charge is 2.59. The molecular formula is C31H49NO. The van der Waals surface area contributed by atoms with Gasteiger partial charge in [0.1, 0.15) is 5.75 Å². The van der Waals surface area contributed by atoms with Crippen molar-refractivity contribution in [3.05, 3.63) is 65.2 Å². The minimum Gasteiger partial charge on any atom is -0.508 e. The SMILES string of the molecule is CC(c1ccc(C(C)(C)C(C)(C)C(C)(C)C(C)(C)C(C)(C)c2ccc(O)cc2)cc1)N(C)C. The standard InChI is InChI=1S/C31H49NO/c1-22(32(12)13)23-14-16-24(17-15-23)27(2,3)29(6,7)31(10,11)30(8,9)28(4,5)25-18-20-26(33)21-19-25/h14-22,33H,1-13H3. The first-order valence-corrected chi connectivity index (χ1v) is 12.4. The molecular weight excluding hydrogens is 402 g/mol. The molecule has 0 radical (unpaired) electrons. The summed E-state index contributed by atoms with van der Waals surface area (Å²) in [5.41, 5.74) is 3.76. The van der Waals surface area contributed by atoms with Crippen molar-refractivity contribution in [3.8, 4) is 5.75 Å². The van der Waals surface area contributed by atoms with Crippen LogP contribution in [0.15, 0.2) is 48.5 Å². The maximum absolute atomic E-state index is 9.83. The minimum atomic E-state index is -0.0947. The van der Waals surface area contributed by atoms with E-state index in [2.05, 4.69) is 132 Å². The molecule has 0 heterocycles. The normalized spacial score (nSPS) is 15.1. The number of benzene rings is 2. The second kappa shape index (κ2) is 8.77. The third-order valence-electron chi connectivity index (χ3n) is 10.7. The van der Waals surface area contributed by atoms with Crippen molar-refractivity contribution < 1.29 is 5.11 Å². The van der Waals surface area contributed by atoms with E-state index >= 15 is 0 Å². The van der Waals surface area contributed by atoms with E-state index in [-0.39, 0.29) is 27.1 Å². The lowest BCUT2D eigenvalue weighted by Crippen LogP contribution is -2.58. The summed E-state index contributed by atoms with van der Waals surface area (Å²) in [4.78, 5) is 2.25. The molecule has 2 aromatic rings.